The van der Waals surface area contributed by atoms with Crippen molar-refractivity contribution in [2.75, 3.05) is 13.1 Å². The summed E-state index contributed by atoms with van der Waals surface area (Å²) in [6, 6.07) is 13.4. The Labute approximate surface area is 216 Å². The van der Waals surface area contributed by atoms with E-state index in [1.165, 1.54) is 11.3 Å². The SMILES string of the molecule is O=C(NCc1cnc(Cl)s1)n1c2c(c3cccc(Cl)c31)CN(CC=Cc1ccc(Cl)cc1)CC2. The van der Waals surface area contributed by atoms with Crippen molar-refractivity contribution in [1.82, 2.24) is 19.8 Å². The second-order valence-electron chi connectivity index (χ2n) is 8.07. The zero-order chi connectivity index (χ0) is 23.7. The number of aromatic nitrogens is 2. The predicted octanol–water partition coefficient (Wildman–Crippen LogP) is 6.89. The number of para-hydroxylation sites is 1. The van der Waals surface area contributed by atoms with Crippen molar-refractivity contribution in [3.63, 3.8) is 0 Å². The third kappa shape index (κ3) is 4.88. The molecule has 3 heterocycles. The summed E-state index contributed by atoms with van der Waals surface area (Å²) >= 11 is 19.8. The van der Waals surface area contributed by atoms with Gasteiger partial charge in [-0.1, -0.05) is 71.2 Å². The van der Waals surface area contributed by atoms with E-state index in [0.29, 0.717) is 16.0 Å². The summed E-state index contributed by atoms with van der Waals surface area (Å²) in [4.78, 5) is 20.6. The number of halogens is 3. The van der Waals surface area contributed by atoms with E-state index in [1.54, 1.807) is 10.8 Å². The first-order valence-electron chi connectivity index (χ1n) is 10.8. The maximum absolute atomic E-state index is 13.3. The van der Waals surface area contributed by atoms with E-state index < -0.39 is 0 Å². The summed E-state index contributed by atoms with van der Waals surface area (Å²) in [5, 5.41) is 5.31. The number of hydrogen-bond donors (Lipinski definition) is 1. The number of hydrogen-bond acceptors (Lipinski definition) is 4. The van der Waals surface area contributed by atoms with Gasteiger partial charge in [-0.2, -0.15) is 0 Å². The second-order valence-corrected chi connectivity index (χ2v) is 10.6. The molecule has 1 aliphatic rings. The number of fused-ring (bicyclic) bond motifs is 3. The highest BCUT2D eigenvalue weighted by molar-refractivity contribution is 7.15. The van der Waals surface area contributed by atoms with Crippen LogP contribution in [0.25, 0.3) is 17.0 Å². The van der Waals surface area contributed by atoms with Gasteiger partial charge < -0.3 is 5.32 Å². The largest absolute Gasteiger partial charge is 0.332 e. The highest BCUT2D eigenvalue weighted by atomic mass is 35.5. The van der Waals surface area contributed by atoms with E-state index in [2.05, 4.69) is 27.4 Å². The van der Waals surface area contributed by atoms with Gasteiger partial charge in [-0.15, -0.1) is 11.3 Å². The van der Waals surface area contributed by atoms with Crippen LogP contribution in [-0.4, -0.2) is 33.6 Å². The molecule has 2 aromatic heterocycles. The quantitative estimate of drug-likeness (QED) is 0.305. The van der Waals surface area contributed by atoms with Gasteiger partial charge in [0.25, 0.3) is 0 Å². The lowest BCUT2D eigenvalue weighted by Gasteiger charge is -2.27. The van der Waals surface area contributed by atoms with E-state index in [4.69, 9.17) is 34.8 Å². The van der Waals surface area contributed by atoms with Gasteiger partial charge >= 0.3 is 6.03 Å². The van der Waals surface area contributed by atoms with Crippen molar-refractivity contribution in [2.24, 2.45) is 0 Å². The average Bonchev–Trinajstić information content (AvgIpc) is 3.40. The molecule has 0 atom stereocenters. The fourth-order valence-electron chi connectivity index (χ4n) is 4.32. The third-order valence-electron chi connectivity index (χ3n) is 5.89. The van der Waals surface area contributed by atoms with Crippen molar-refractivity contribution < 1.29 is 4.79 Å². The van der Waals surface area contributed by atoms with Crippen LogP contribution >= 0.6 is 46.1 Å². The minimum Gasteiger partial charge on any atom is -0.332 e. The van der Waals surface area contributed by atoms with Crippen LogP contribution < -0.4 is 5.32 Å². The Morgan fingerprint density at radius 1 is 1.15 bits per heavy atom. The highest BCUT2D eigenvalue weighted by Crippen LogP contribution is 2.34. The zero-order valence-corrected chi connectivity index (χ0v) is 21.2. The van der Waals surface area contributed by atoms with Crippen LogP contribution in [-0.2, 0) is 19.5 Å². The Morgan fingerprint density at radius 3 is 2.74 bits per heavy atom. The number of nitrogens with one attached hydrogen (secondary N) is 1. The summed E-state index contributed by atoms with van der Waals surface area (Å²) < 4.78 is 2.21. The van der Waals surface area contributed by atoms with E-state index in [0.717, 1.165) is 63.7 Å². The molecule has 0 aliphatic carbocycles. The molecular formula is C25H21Cl3N4OS. The number of rotatable bonds is 5. The maximum Gasteiger partial charge on any atom is 0.326 e. The second kappa shape index (κ2) is 10.1. The van der Waals surface area contributed by atoms with Crippen molar-refractivity contribution in [3.8, 4) is 0 Å². The van der Waals surface area contributed by atoms with Gasteiger partial charge in [0.2, 0.25) is 0 Å². The molecule has 5 nitrogen and oxygen atoms in total. The minimum atomic E-state index is -0.194. The third-order valence-corrected chi connectivity index (χ3v) is 7.56. The standard InChI is InChI=1S/C25H21Cl3N4OS/c26-17-8-6-16(7-9-17)3-2-11-31-12-10-22-20(15-31)19-4-1-5-21(27)23(19)32(22)25(33)30-14-18-13-29-24(28)34-18/h1-9,13H,10-12,14-15H2,(H,30,33). The molecular weight excluding hydrogens is 511 g/mol. The number of carbonyl (C=O) groups excluding carboxylic acids is 1. The van der Waals surface area contributed by atoms with Gasteiger partial charge in [-0.3, -0.25) is 9.47 Å². The zero-order valence-electron chi connectivity index (χ0n) is 18.1. The number of amides is 1. The van der Waals surface area contributed by atoms with Gasteiger partial charge in [0.15, 0.2) is 4.47 Å². The molecule has 0 saturated carbocycles. The van der Waals surface area contributed by atoms with Gasteiger partial charge in [0, 0.05) is 53.2 Å². The number of thiazole rings is 1. The number of nitrogens with zero attached hydrogens (tertiary/aromatic N) is 3. The van der Waals surface area contributed by atoms with Crippen LogP contribution in [0.5, 0.6) is 0 Å². The first-order chi connectivity index (χ1) is 16.5. The fourth-order valence-corrected chi connectivity index (χ4v) is 5.62. The van der Waals surface area contributed by atoms with Crippen molar-refractivity contribution >= 4 is 69.1 Å². The molecule has 0 fully saturated rings. The molecule has 9 heteroatoms. The van der Waals surface area contributed by atoms with Crippen LogP contribution in [0, 0.1) is 0 Å². The van der Waals surface area contributed by atoms with Crippen molar-refractivity contribution in [2.45, 2.75) is 19.5 Å². The summed E-state index contributed by atoms with van der Waals surface area (Å²) in [5.41, 5.74) is 4.04. The van der Waals surface area contributed by atoms with Crippen LogP contribution in [0.3, 0.4) is 0 Å². The maximum atomic E-state index is 13.3. The molecule has 0 saturated heterocycles. The van der Waals surface area contributed by atoms with E-state index >= 15 is 0 Å². The summed E-state index contributed by atoms with van der Waals surface area (Å²) in [5.74, 6) is 0. The Balaban J connectivity index is 1.37. The fraction of sp³-hybridized carbons (Fsp3) is 0.200. The topological polar surface area (TPSA) is 50.2 Å². The Bertz CT molecular complexity index is 1380. The molecule has 0 spiro atoms. The van der Waals surface area contributed by atoms with Crippen LogP contribution in [0.4, 0.5) is 4.79 Å². The Hall–Kier alpha value is -2.35. The lowest BCUT2D eigenvalue weighted by atomic mass is 10.0. The van der Waals surface area contributed by atoms with Gasteiger partial charge in [-0.25, -0.2) is 9.78 Å². The smallest absolute Gasteiger partial charge is 0.326 e. The van der Waals surface area contributed by atoms with E-state index in [1.807, 2.05) is 42.5 Å². The molecule has 0 radical (unpaired) electrons. The molecule has 4 aromatic rings. The summed E-state index contributed by atoms with van der Waals surface area (Å²) in [6.07, 6.45) is 6.70. The lowest BCUT2D eigenvalue weighted by molar-refractivity contribution is 0.240. The van der Waals surface area contributed by atoms with Crippen LogP contribution in [0.2, 0.25) is 14.5 Å². The molecule has 174 valence electrons. The van der Waals surface area contributed by atoms with Gasteiger partial charge in [0.05, 0.1) is 17.1 Å². The Morgan fingerprint density at radius 2 is 1.97 bits per heavy atom. The highest BCUT2D eigenvalue weighted by Gasteiger charge is 2.27. The van der Waals surface area contributed by atoms with Gasteiger partial charge in [0.1, 0.15) is 0 Å². The Kier molecular flexibility index (Phi) is 6.95. The van der Waals surface area contributed by atoms with Gasteiger partial charge in [-0.05, 0) is 29.3 Å². The summed E-state index contributed by atoms with van der Waals surface area (Å²) in [7, 11) is 0. The van der Waals surface area contributed by atoms with Crippen molar-refractivity contribution in [3.05, 3.63) is 90.9 Å². The van der Waals surface area contributed by atoms with Crippen LogP contribution in [0.15, 0.2) is 54.7 Å². The number of benzene rings is 2. The average molecular weight is 532 g/mol. The molecule has 1 amide bonds. The summed E-state index contributed by atoms with van der Waals surface area (Å²) in [6.45, 7) is 2.78. The molecule has 0 unspecified atom stereocenters. The first-order valence-corrected chi connectivity index (χ1v) is 12.8. The first kappa shape index (κ1) is 23.4. The van der Waals surface area contributed by atoms with Crippen molar-refractivity contribution in [1.29, 1.82) is 0 Å². The predicted molar refractivity (Wildman–Crippen MR) is 141 cm³/mol. The van der Waals surface area contributed by atoms with E-state index in [-0.39, 0.29) is 6.03 Å². The van der Waals surface area contributed by atoms with E-state index in [9.17, 15) is 4.79 Å². The number of carbonyl (C=O) groups is 1. The normalized spacial score (nSPS) is 14.1. The molecule has 2 aromatic carbocycles. The molecule has 1 aliphatic heterocycles. The molecule has 34 heavy (non-hydrogen) atoms. The molecule has 0 bridgehead atoms. The molecule has 1 N–H and O–H groups in total. The monoisotopic (exact) mass is 530 g/mol. The van der Waals surface area contributed by atoms with Crippen LogP contribution in [0.1, 0.15) is 21.7 Å². The molecule has 5 rings (SSSR count). The lowest BCUT2D eigenvalue weighted by Crippen LogP contribution is -2.34. The minimum absolute atomic E-state index is 0.194.